The molecule has 0 radical (unpaired) electrons. The summed E-state index contributed by atoms with van der Waals surface area (Å²) >= 11 is 0. The summed E-state index contributed by atoms with van der Waals surface area (Å²) in [5.41, 5.74) is 0. The highest BCUT2D eigenvalue weighted by molar-refractivity contribution is 4.91. The largest absolute Gasteiger partial charge is 0.312 e. The van der Waals surface area contributed by atoms with Crippen LogP contribution in [0.4, 0.5) is 0 Å². The van der Waals surface area contributed by atoms with E-state index in [1.807, 2.05) is 0 Å². The van der Waals surface area contributed by atoms with Crippen LogP contribution < -0.4 is 5.32 Å². The molecule has 0 bridgehead atoms. The monoisotopic (exact) mass is 168 g/mol. The molecule has 0 aliphatic carbocycles. The first-order valence-electron chi connectivity index (χ1n) is 5.25. The number of nitrogens with zero attached hydrogens (tertiary/aromatic N) is 1. The third kappa shape index (κ3) is 1.50. The van der Waals surface area contributed by atoms with Crippen LogP contribution in [-0.2, 0) is 0 Å². The molecule has 0 aromatic rings. The minimum absolute atomic E-state index is 0.730. The van der Waals surface area contributed by atoms with Crippen molar-refractivity contribution in [2.24, 2.45) is 5.92 Å². The Morgan fingerprint density at radius 3 is 2.92 bits per heavy atom. The van der Waals surface area contributed by atoms with E-state index in [4.69, 9.17) is 0 Å². The molecule has 1 unspecified atom stereocenters. The number of hydrogen-bond acceptors (Lipinski definition) is 2. The summed E-state index contributed by atoms with van der Waals surface area (Å²) in [5, 5.41) is 3.60. The Bertz CT molecular complexity index is 156. The molecule has 2 saturated heterocycles. The molecule has 1 N–H and O–H groups in total. The molecule has 2 heteroatoms. The minimum Gasteiger partial charge on any atom is -0.312 e. The normalized spacial score (nSPS) is 37.2. The van der Waals surface area contributed by atoms with E-state index in [0.717, 1.165) is 18.0 Å². The number of hydrogen-bond donors (Lipinski definition) is 1. The van der Waals surface area contributed by atoms with E-state index in [0.29, 0.717) is 0 Å². The van der Waals surface area contributed by atoms with Gasteiger partial charge in [0.05, 0.1) is 0 Å². The Labute approximate surface area is 75.3 Å². The second kappa shape index (κ2) is 3.35. The number of likely N-dealkylation sites (tertiary alicyclic amines) is 1. The number of rotatable bonds is 1. The van der Waals surface area contributed by atoms with Gasteiger partial charge in [0.15, 0.2) is 0 Å². The lowest BCUT2D eigenvalue weighted by atomic mass is 9.92. The standard InChI is InChI=1S/C10H20N2/c1-8(2)12-6-4-9-3-5-11-10(9)7-12/h8-11H,3-7H2,1-2H3/t9?,10-/m0/s1. The van der Waals surface area contributed by atoms with Gasteiger partial charge < -0.3 is 5.32 Å². The molecule has 2 aliphatic heterocycles. The first-order chi connectivity index (χ1) is 5.77. The van der Waals surface area contributed by atoms with Gasteiger partial charge in [0, 0.05) is 18.6 Å². The molecule has 2 aliphatic rings. The number of piperidine rings is 1. The predicted molar refractivity (Wildman–Crippen MR) is 51.2 cm³/mol. The van der Waals surface area contributed by atoms with Crippen LogP contribution in [0.5, 0.6) is 0 Å². The van der Waals surface area contributed by atoms with Gasteiger partial charge in [0.1, 0.15) is 0 Å². The van der Waals surface area contributed by atoms with Gasteiger partial charge in [-0.25, -0.2) is 0 Å². The Morgan fingerprint density at radius 2 is 2.17 bits per heavy atom. The highest BCUT2D eigenvalue weighted by Gasteiger charge is 2.32. The third-order valence-corrected chi connectivity index (χ3v) is 3.44. The molecule has 2 fully saturated rings. The molecule has 0 aromatic carbocycles. The molecule has 0 spiro atoms. The van der Waals surface area contributed by atoms with Crippen molar-refractivity contribution in [2.45, 2.75) is 38.8 Å². The van der Waals surface area contributed by atoms with E-state index < -0.39 is 0 Å². The quantitative estimate of drug-likeness (QED) is 0.630. The van der Waals surface area contributed by atoms with Gasteiger partial charge in [-0.05, 0) is 45.7 Å². The van der Waals surface area contributed by atoms with Crippen molar-refractivity contribution >= 4 is 0 Å². The van der Waals surface area contributed by atoms with Crippen molar-refractivity contribution in [1.29, 1.82) is 0 Å². The Morgan fingerprint density at radius 1 is 1.33 bits per heavy atom. The van der Waals surface area contributed by atoms with Crippen molar-refractivity contribution < 1.29 is 0 Å². The molecule has 2 nitrogen and oxygen atoms in total. The van der Waals surface area contributed by atoms with Crippen molar-refractivity contribution in [3.05, 3.63) is 0 Å². The van der Waals surface area contributed by atoms with Crippen LogP contribution >= 0.6 is 0 Å². The van der Waals surface area contributed by atoms with E-state index in [-0.39, 0.29) is 0 Å². The smallest absolute Gasteiger partial charge is 0.0224 e. The minimum atomic E-state index is 0.730. The van der Waals surface area contributed by atoms with Crippen LogP contribution in [0.25, 0.3) is 0 Å². The summed E-state index contributed by atoms with van der Waals surface area (Å²) in [6, 6.07) is 1.54. The van der Waals surface area contributed by atoms with Crippen molar-refractivity contribution in [3.8, 4) is 0 Å². The molecule has 0 saturated carbocycles. The van der Waals surface area contributed by atoms with Crippen molar-refractivity contribution in [1.82, 2.24) is 10.2 Å². The average molecular weight is 168 g/mol. The van der Waals surface area contributed by atoms with Gasteiger partial charge >= 0.3 is 0 Å². The Balaban J connectivity index is 1.92. The maximum absolute atomic E-state index is 3.60. The topological polar surface area (TPSA) is 15.3 Å². The summed E-state index contributed by atoms with van der Waals surface area (Å²) < 4.78 is 0. The van der Waals surface area contributed by atoms with E-state index >= 15 is 0 Å². The molecule has 2 atom stereocenters. The molecular formula is C10H20N2. The Kier molecular flexibility index (Phi) is 2.37. The van der Waals surface area contributed by atoms with Crippen LogP contribution in [-0.4, -0.2) is 36.6 Å². The zero-order valence-corrected chi connectivity index (χ0v) is 8.21. The van der Waals surface area contributed by atoms with Gasteiger partial charge in [-0.15, -0.1) is 0 Å². The highest BCUT2D eigenvalue weighted by Crippen LogP contribution is 2.25. The van der Waals surface area contributed by atoms with Gasteiger partial charge in [-0.1, -0.05) is 0 Å². The lowest BCUT2D eigenvalue weighted by molar-refractivity contribution is 0.134. The summed E-state index contributed by atoms with van der Waals surface area (Å²) in [4.78, 5) is 2.60. The number of nitrogens with one attached hydrogen (secondary N) is 1. The summed E-state index contributed by atoms with van der Waals surface area (Å²) in [5.74, 6) is 0.986. The van der Waals surface area contributed by atoms with Gasteiger partial charge in [-0.2, -0.15) is 0 Å². The fourth-order valence-corrected chi connectivity index (χ4v) is 2.53. The zero-order chi connectivity index (χ0) is 8.55. The lowest BCUT2D eigenvalue weighted by Gasteiger charge is -2.37. The Hall–Kier alpha value is -0.0800. The van der Waals surface area contributed by atoms with Crippen LogP contribution in [0.3, 0.4) is 0 Å². The van der Waals surface area contributed by atoms with Crippen LogP contribution in [0.1, 0.15) is 26.7 Å². The van der Waals surface area contributed by atoms with E-state index in [9.17, 15) is 0 Å². The second-order valence-corrected chi connectivity index (χ2v) is 4.49. The fourth-order valence-electron chi connectivity index (χ4n) is 2.53. The molecule has 2 heterocycles. The predicted octanol–water partition coefficient (Wildman–Crippen LogP) is 1.08. The van der Waals surface area contributed by atoms with E-state index in [2.05, 4.69) is 24.1 Å². The molecule has 2 rings (SSSR count). The fraction of sp³-hybridized carbons (Fsp3) is 1.00. The first-order valence-corrected chi connectivity index (χ1v) is 5.25. The SMILES string of the molecule is CC(C)N1CCC2CCN[C@H]2C1. The maximum Gasteiger partial charge on any atom is 0.0224 e. The van der Waals surface area contributed by atoms with E-state index in [1.54, 1.807) is 0 Å². The molecule has 0 aromatic heterocycles. The average Bonchev–Trinajstić information content (AvgIpc) is 2.49. The third-order valence-electron chi connectivity index (χ3n) is 3.44. The summed E-state index contributed by atoms with van der Waals surface area (Å²) in [7, 11) is 0. The molecule has 0 amide bonds. The van der Waals surface area contributed by atoms with Gasteiger partial charge in [0.25, 0.3) is 0 Å². The van der Waals surface area contributed by atoms with Crippen molar-refractivity contribution in [2.75, 3.05) is 19.6 Å². The summed E-state index contributed by atoms with van der Waals surface area (Å²) in [6.45, 7) is 8.45. The lowest BCUT2D eigenvalue weighted by Crippen LogP contribution is -2.48. The van der Waals surface area contributed by atoms with Gasteiger partial charge in [-0.3, -0.25) is 4.90 Å². The number of fused-ring (bicyclic) bond motifs is 1. The highest BCUT2D eigenvalue weighted by atomic mass is 15.2. The van der Waals surface area contributed by atoms with Crippen molar-refractivity contribution in [3.63, 3.8) is 0 Å². The molecule has 70 valence electrons. The molecular weight excluding hydrogens is 148 g/mol. The zero-order valence-electron chi connectivity index (χ0n) is 8.21. The van der Waals surface area contributed by atoms with Crippen LogP contribution in [0.15, 0.2) is 0 Å². The summed E-state index contributed by atoms with van der Waals surface area (Å²) in [6.07, 6.45) is 2.83. The first kappa shape index (κ1) is 8.52. The molecule has 12 heavy (non-hydrogen) atoms. The maximum atomic E-state index is 3.60. The van der Waals surface area contributed by atoms with Crippen LogP contribution in [0, 0.1) is 5.92 Å². The van der Waals surface area contributed by atoms with Gasteiger partial charge in [0.2, 0.25) is 0 Å². The van der Waals surface area contributed by atoms with E-state index in [1.165, 1.54) is 32.5 Å². The van der Waals surface area contributed by atoms with Crippen LogP contribution in [0.2, 0.25) is 0 Å². The second-order valence-electron chi connectivity index (χ2n) is 4.49.